The van der Waals surface area contributed by atoms with E-state index in [0.717, 1.165) is 24.5 Å². The number of rotatable bonds is 14. The average molecular weight is 681 g/mol. The number of amides is 2. The zero-order valence-electron chi connectivity index (χ0n) is 26.6. The Bertz CT molecular complexity index is 1300. The number of hydrogen-bond donors (Lipinski definition) is 3. The molecule has 0 aromatic carbocycles. The van der Waals surface area contributed by atoms with Crippen LogP contribution in [0.4, 0.5) is 5.13 Å². The molecule has 1 aromatic rings. The molecule has 4 N–H and O–H groups in total. The minimum Gasteiger partial charge on any atom is -0.467 e. The number of nitrogens with two attached hydrogens (primary N) is 1. The van der Waals surface area contributed by atoms with Crippen LogP contribution in [0.15, 0.2) is 10.5 Å². The SMILES string of the molecule is CCN(CC)CC.COC(=O)[C@H]1[C@@H](NC(=O)/C(=N\OC(C)(C)C(=O)OCC[Si](C)(C)C)c2csc(N)n2)C(=O)N1S(=O)(=O)O. The van der Waals surface area contributed by atoms with Gasteiger partial charge in [0.25, 0.3) is 11.8 Å². The van der Waals surface area contributed by atoms with E-state index < -0.39 is 65.5 Å². The summed E-state index contributed by atoms with van der Waals surface area (Å²) in [6, 6.07) is -2.86. The number of carbonyl (C=O) groups is 4. The molecule has 0 spiro atoms. The Hall–Kier alpha value is -3.13. The smallest absolute Gasteiger partial charge is 0.363 e. The summed E-state index contributed by atoms with van der Waals surface area (Å²) in [5.41, 5.74) is 3.39. The number of oxime groups is 1. The van der Waals surface area contributed by atoms with E-state index in [1.165, 1.54) is 38.9 Å². The van der Waals surface area contributed by atoms with Crippen LogP contribution in [0.25, 0.3) is 0 Å². The number of nitrogen functional groups attached to an aromatic ring is 1. The Morgan fingerprint density at radius 1 is 1.20 bits per heavy atom. The van der Waals surface area contributed by atoms with Gasteiger partial charge < -0.3 is 30.3 Å². The Labute approximate surface area is 263 Å². The van der Waals surface area contributed by atoms with Gasteiger partial charge >= 0.3 is 22.2 Å². The number of thiazole rings is 1. The normalized spacial score (nSPS) is 17.3. The highest BCUT2D eigenvalue weighted by molar-refractivity contribution is 7.84. The van der Waals surface area contributed by atoms with Crippen LogP contribution in [-0.4, -0.2) is 116 Å². The third kappa shape index (κ3) is 11.1. The van der Waals surface area contributed by atoms with Crippen molar-refractivity contribution >= 4 is 64.3 Å². The van der Waals surface area contributed by atoms with Crippen LogP contribution in [0, 0.1) is 0 Å². The highest BCUT2D eigenvalue weighted by Gasteiger charge is 2.58. The fourth-order valence-corrected chi connectivity index (χ4v) is 5.61. The predicted octanol–water partition coefficient (Wildman–Crippen LogP) is 1.13. The Morgan fingerprint density at radius 2 is 1.77 bits per heavy atom. The maximum absolute atomic E-state index is 13.0. The standard InChI is InChI=1S/C19H29N5O10S2Si.C6H15N/c1-19(2,17(28)33-7-8-37(4,5)6)34-23-11(10-9-35-18(20)21-10)14(25)22-12-13(16(27)32-3)24(15(12)26)36(29,30)31;1-4-7(5-2)6-3/h9,12-13H,7-8H2,1-6H3,(H2,20,21)(H,22,25)(H,29,30,31);4-6H2,1-3H3/b23-11-;/t12-,13-;/m1./s1. The minimum absolute atomic E-state index is 0.0604. The lowest BCUT2D eigenvalue weighted by Gasteiger charge is -2.41. The maximum Gasteiger partial charge on any atom is 0.363 e. The van der Waals surface area contributed by atoms with Crippen LogP contribution in [0.2, 0.25) is 25.7 Å². The molecule has 0 aliphatic carbocycles. The maximum atomic E-state index is 13.0. The Balaban J connectivity index is 0.00000123. The third-order valence-electron chi connectivity index (χ3n) is 6.29. The second-order valence-corrected chi connectivity index (χ2v) is 19.0. The summed E-state index contributed by atoms with van der Waals surface area (Å²) in [6.07, 6.45) is 0. The molecule has 19 heteroatoms. The summed E-state index contributed by atoms with van der Waals surface area (Å²) in [5, 5.41) is 7.31. The number of β-lactam (4-membered cyclic amide) rings is 1. The van der Waals surface area contributed by atoms with Crippen molar-refractivity contribution in [3.05, 3.63) is 11.1 Å². The van der Waals surface area contributed by atoms with Gasteiger partial charge in [0.1, 0.15) is 11.7 Å². The van der Waals surface area contributed by atoms with Crippen LogP contribution in [0.3, 0.4) is 0 Å². The minimum atomic E-state index is -5.11. The number of ether oxygens (including phenoxy) is 2. The molecule has 2 rings (SSSR count). The van der Waals surface area contributed by atoms with Crippen LogP contribution >= 0.6 is 11.3 Å². The van der Waals surface area contributed by atoms with Crippen LogP contribution < -0.4 is 11.1 Å². The number of nitrogens with zero attached hydrogens (tertiary/aromatic N) is 4. The van der Waals surface area contributed by atoms with Crippen molar-refractivity contribution in [3.8, 4) is 0 Å². The molecular weight excluding hydrogens is 637 g/mol. The number of esters is 2. The highest BCUT2D eigenvalue weighted by Crippen LogP contribution is 2.25. The molecule has 250 valence electrons. The van der Waals surface area contributed by atoms with E-state index in [1.807, 2.05) is 0 Å². The molecule has 1 saturated heterocycles. The molecule has 2 heterocycles. The molecule has 0 radical (unpaired) electrons. The van der Waals surface area contributed by atoms with Crippen molar-refractivity contribution in [1.29, 1.82) is 0 Å². The summed E-state index contributed by atoms with van der Waals surface area (Å²) < 4.78 is 41.8. The molecule has 44 heavy (non-hydrogen) atoms. The van der Waals surface area contributed by atoms with Crippen LogP contribution in [0.1, 0.15) is 40.3 Å². The van der Waals surface area contributed by atoms with Gasteiger partial charge in [0.2, 0.25) is 5.60 Å². The number of carbonyl (C=O) groups excluding carboxylic acids is 4. The highest BCUT2D eigenvalue weighted by atomic mass is 32.2. The second-order valence-electron chi connectivity index (χ2n) is 11.2. The van der Waals surface area contributed by atoms with E-state index in [9.17, 15) is 32.1 Å². The molecule has 2 atom stereocenters. The van der Waals surface area contributed by atoms with Gasteiger partial charge in [0.15, 0.2) is 16.9 Å². The number of nitrogens with one attached hydrogen (secondary N) is 1. The quantitative estimate of drug-likeness (QED) is 0.0627. The molecular formula is C25H44N6O10S2Si. The Kier molecular flexibility index (Phi) is 14.4. The second kappa shape index (κ2) is 16.3. The summed E-state index contributed by atoms with van der Waals surface area (Å²) in [5.74, 6) is -4.36. The summed E-state index contributed by atoms with van der Waals surface area (Å²) in [4.78, 5) is 61.5. The lowest BCUT2D eigenvalue weighted by atomic mass is 9.98. The predicted molar refractivity (Wildman–Crippen MR) is 167 cm³/mol. The van der Waals surface area contributed by atoms with Crippen molar-refractivity contribution in [2.24, 2.45) is 5.16 Å². The fraction of sp³-hybridized carbons (Fsp3) is 0.680. The topological polar surface area (TPSA) is 220 Å². The first-order chi connectivity index (χ1) is 20.2. The molecule has 0 saturated carbocycles. The lowest BCUT2D eigenvalue weighted by molar-refractivity contribution is -0.167. The summed E-state index contributed by atoms with van der Waals surface area (Å²) in [7, 11) is -5.65. The van der Waals surface area contributed by atoms with Crippen LogP contribution in [-0.2, 0) is 43.8 Å². The lowest BCUT2D eigenvalue weighted by Crippen LogP contribution is -2.74. The largest absolute Gasteiger partial charge is 0.467 e. The first kappa shape index (κ1) is 38.9. The van der Waals surface area contributed by atoms with Gasteiger partial charge in [0.05, 0.1) is 13.7 Å². The molecule has 16 nitrogen and oxygen atoms in total. The van der Waals surface area contributed by atoms with E-state index in [0.29, 0.717) is 0 Å². The molecule has 0 bridgehead atoms. The van der Waals surface area contributed by atoms with Gasteiger partial charge in [0, 0.05) is 13.5 Å². The third-order valence-corrected chi connectivity index (χ3v) is 9.57. The van der Waals surface area contributed by atoms with Gasteiger partial charge in [-0.15, -0.1) is 11.3 Å². The molecule has 1 aliphatic heterocycles. The number of methoxy groups -OCH3 is 1. The first-order valence-corrected chi connectivity index (χ1v) is 19.8. The number of anilines is 1. The van der Waals surface area contributed by atoms with Gasteiger partial charge in [-0.25, -0.2) is 14.6 Å². The van der Waals surface area contributed by atoms with Crippen molar-refractivity contribution in [2.75, 3.05) is 39.1 Å². The number of aromatic nitrogens is 1. The van der Waals surface area contributed by atoms with Crippen molar-refractivity contribution in [3.63, 3.8) is 0 Å². The molecule has 1 aliphatic rings. The first-order valence-electron chi connectivity index (χ1n) is 13.8. The van der Waals surface area contributed by atoms with Crippen molar-refractivity contribution < 1.29 is 46.5 Å². The summed E-state index contributed by atoms with van der Waals surface area (Å²) in [6.45, 7) is 19.4. The van der Waals surface area contributed by atoms with E-state index >= 15 is 0 Å². The average Bonchev–Trinajstić information content (AvgIpc) is 3.35. The summed E-state index contributed by atoms with van der Waals surface area (Å²) >= 11 is 0.956. The van der Waals surface area contributed by atoms with Gasteiger partial charge in [-0.3, -0.25) is 14.1 Å². The fourth-order valence-electron chi connectivity index (χ4n) is 3.51. The van der Waals surface area contributed by atoms with E-state index in [2.05, 4.69) is 65.5 Å². The van der Waals surface area contributed by atoms with Gasteiger partial charge in [-0.1, -0.05) is 45.6 Å². The van der Waals surface area contributed by atoms with Gasteiger partial charge in [-0.2, -0.15) is 12.7 Å². The monoisotopic (exact) mass is 680 g/mol. The van der Waals surface area contributed by atoms with Crippen molar-refractivity contribution in [2.45, 2.75) is 78.0 Å². The zero-order valence-corrected chi connectivity index (χ0v) is 29.2. The zero-order chi connectivity index (χ0) is 34.0. The molecule has 0 unspecified atom stereocenters. The van der Waals surface area contributed by atoms with Crippen LogP contribution in [0.5, 0.6) is 0 Å². The number of hydrogen-bond acceptors (Lipinski definition) is 14. The van der Waals surface area contributed by atoms with Crippen molar-refractivity contribution in [1.82, 2.24) is 19.5 Å². The molecule has 1 aromatic heterocycles. The van der Waals surface area contributed by atoms with E-state index in [4.69, 9.17) is 15.3 Å². The van der Waals surface area contributed by atoms with E-state index in [-0.39, 0.29) is 21.7 Å². The molecule has 2 amide bonds. The van der Waals surface area contributed by atoms with Gasteiger partial charge in [-0.05, 0) is 39.5 Å². The molecule has 1 fully saturated rings. The Morgan fingerprint density at radius 3 is 2.18 bits per heavy atom. The van der Waals surface area contributed by atoms with E-state index in [1.54, 1.807) is 0 Å².